The Bertz CT molecular complexity index is 469. The number of benzene rings is 1. The predicted molar refractivity (Wildman–Crippen MR) is 62.5 cm³/mol. The first-order valence-electron chi connectivity index (χ1n) is 5.69. The summed E-state index contributed by atoms with van der Waals surface area (Å²) in [6.07, 6.45) is 1.12. The average Bonchev–Trinajstić information content (AvgIpc) is 2.32. The number of nitrogens with zero attached hydrogens (tertiary/aromatic N) is 1. The van der Waals surface area contributed by atoms with Crippen LogP contribution in [0.2, 0.25) is 0 Å². The van der Waals surface area contributed by atoms with Crippen LogP contribution in [-0.4, -0.2) is 11.9 Å². The van der Waals surface area contributed by atoms with Crippen LogP contribution in [0.5, 0.6) is 0 Å². The zero-order valence-electron chi connectivity index (χ0n) is 10.0. The average molecular weight is 252 g/mol. The first kappa shape index (κ1) is 14.1. The predicted octanol–water partition coefficient (Wildman–Crippen LogP) is 2.32. The van der Waals surface area contributed by atoms with Crippen molar-refractivity contribution in [2.24, 2.45) is 0 Å². The number of amides is 1. The zero-order chi connectivity index (χ0) is 13.5. The molecule has 3 nitrogen and oxygen atoms in total. The Balaban J connectivity index is 2.62. The van der Waals surface area contributed by atoms with Gasteiger partial charge in [0.2, 0.25) is 5.91 Å². The zero-order valence-corrected chi connectivity index (χ0v) is 10.0. The van der Waals surface area contributed by atoms with Gasteiger partial charge in [-0.05, 0) is 18.1 Å². The normalized spacial score (nSPS) is 11.7. The molecule has 1 amide bonds. The van der Waals surface area contributed by atoms with Crippen molar-refractivity contribution in [1.29, 1.82) is 5.26 Å². The molecule has 1 unspecified atom stereocenters. The summed E-state index contributed by atoms with van der Waals surface area (Å²) in [5, 5.41) is 11.3. The van der Waals surface area contributed by atoms with E-state index in [-0.39, 0.29) is 12.0 Å². The molecule has 1 N–H and O–H groups in total. The largest absolute Gasteiger partial charge is 0.340 e. The molecule has 1 atom stereocenters. The van der Waals surface area contributed by atoms with Gasteiger partial charge in [0.05, 0.1) is 12.5 Å². The van der Waals surface area contributed by atoms with E-state index >= 15 is 0 Å². The third kappa shape index (κ3) is 4.13. The van der Waals surface area contributed by atoms with E-state index in [0.29, 0.717) is 6.42 Å². The monoisotopic (exact) mass is 252 g/mol. The van der Waals surface area contributed by atoms with E-state index in [1.54, 1.807) is 0 Å². The number of carbonyl (C=O) groups is 1. The van der Waals surface area contributed by atoms with Crippen molar-refractivity contribution in [2.75, 3.05) is 0 Å². The molecule has 0 saturated heterocycles. The summed E-state index contributed by atoms with van der Waals surface area (Å²) in [6.45, 7) is 1.90. The molecule has 1 aromatic carbocycles. The van der Waals surface area contributed by atoms with Crippen LogP contribution >= 0.6 is 0 Å². The fourth-order valence-corrected chi connectivity index (χ4v) is 1.54. The molecular formula is C13H14F2N2O. The van der Waals surface area contributed by atoms with Gasteiger partial charge in [0.25, 0.3) is 0 Å². The second kappa shape index (κ2) is 6.70. The molecule has 0 aliphatic carbocycles. The van der Waals surface area contributed by atoms with E-state index in [0.717, 1.165) is 18.6 Å². The van der Waals surface area contributed by atoms with Gasteiger partial charge in [0.15, 0.2) is 0 Å². The minimum absolute atomic E-state index is 0.113. The molecular weight excluding hydrogens is 238 g/mol. The Labute approximate surface area is 104 Å². The van der Waals surface area contributed by atoms with Gasteiger partial charge >= 0.3 is 0 Å². The topological polar surface area (TPSA) is 52.9 Å². The molecule has 0 bridgehead atoms. The van der Waals surface area contributed by atoms with Gasteiger partial charge in [-0.2, -0.15) is 5.26 Å². The molecule has 0 spiro atoms. The molecule has 5 heteroatoms. The standard InChI is InChI=1S/C13H14F2N2O/c1-2-3-11(8-16)17-13(18)6-9-4-5-10(14)7-12(9)15/h4-5,7,11H,2-3,6H2,1H3,(H,17,18). The van der Waals surface area contributed by atoms with Gasteiger partial charge in [0.1, 0.15) is 17.7 Å². The summed E-state index contributed by atoms with van der Waals surface area (Å²) in [7, 11) is 0. The van der Waals surface area contributed by atoms with Crippen LogP contribution in [-0.2, 0) is 11.2 Å². The van der Waals surface area contributed by atoms with E-state index in [9.17, 15) is 13.6 Å². The van der Waals surface area contributed by atoms with Gasteiger partial charge in [-0.1, -0.05) is 19.4 Å². The SMILES string of the molecule is CCCC(C#N)NC(=O)Cc1ccc(F)cc1F. The third-order valence-corrected chi connectivity index (χ3v) is 2.43. The third-order valence-electron chi connectivity index (χ3n) is 2.43. The van der Waals surface area contributed by atoms with E-state index in [1.165, 1.54) is 6.07 Å². The maximum atomic E-state index is 13.3. The van der Waals surface area contributed by atoms with E-state index < -0.39 is 23.6 Å². The quantitative estimate of drug-likeness (QED) is 0.874. The van der Waals surface area contributed by atoms with Crippen LogP contribution in [0.15, 0.2) is 18.2 Å². The van der Waals surface area contributed by atoms with Gasteiger partial charge in [0, 0.05) is 6.07 Å². The van der Waals surface area contributed by atoms with Crippen molar-refractivity contribution in [3.8, 4) is 6.07 Å². The van der Waals surface area contributed by atoms with Gasteiger partial charge < -0.3 is 5.32 Å². The number of rotatable bonds is 5. The van der Waals surface area contributed by atoms with Crippen LogP contribution < -0.4 is 5.32 Å². The van der Waals surface area contributed by atoms with Crippen molar-refractivity contribution in [1.82, 2.24) is 5.32 Å². The summed E-state index contributed by atoms with van der Waals surface area (Å²) in [5.74, 6) is -1.88. The van der Waals surface area contributed by atoms with Crippen molar-refractivity contribution in [2.45, 2.75) is 32.2 Å². The molecule has 0 aliphatic heterocycles. The lowest BCUT2D eigenvalue weighted by Gasteiger charge is -2.10. The second-order valence-corrected chi connectivity index (χ2v) is 3.95. The van der Waals surface area contributed by atoms with Gasteiger partial charge in [-0.25, -0.2) is 8.78 Å². The van der Waals surface area contributed by atoms with E-state index in [4.69, 9.17) is 5.26 Å². The highest BCUT2D eigenvalue weighted by atomic mass is 19.1. The minimum Gasteiger partial charge on any atom is -0.340 e. The van der Waals surface area contributed by atoms with Gasteiger partial charge in [-0.3, -0.25) is 4.79 Å². The highest BCUT2D eigenvalue weighted by molar-refractivity contribution is 5.79. The Kier molecular flexibility index (Phi) is 5.25. The molecule has 0 aliphatic rings. The number of halogens is 2. The number of nitriles is 1. The van der Waals surface area contributed by atoms with Crippen molar-refractivity contribution in [3.05, 3.63) is 35.4 Å². The molecule has 0 aromatic heterocycles. The maximum Gasteiger partial charge on any atom is 0.225 e. The van der Waals surface area contributed by atoms with Crippen molar-refractivity contribution < 1.29 is 13.6 Å². The Morgan fingerprint density at radius 2 is 2.22 bits per heavy atom. The Hall–Kier alpha value is -1.96. The number of hydrogen-bond acceptors (Lipinski definition) is 2. The molecule has 0 radical (unpaired) electrons. The second-order valence-electron chi connectivity index (χ2n) is 3.95. The molecule has 0 heterocycles. The fraction of sp³-hybridized carbons (Fsp3) is 0.385. The maximum absolute atomic E-state index is 13.3. The summed E-state index contributed by atoms with van der Waals surface area (Å²) in [4.78, 5) is 11.6. The van der Waals surface area contributed by atoms with Crippen molar-refractivity contribution >= 4 is 5.91 Å². The molecule has 0 saturated carbocycles. The summed E-state index contributed by atoms with van der Waals surface area (Å²) in [5.41, 5.74) is 0.113. The van der Waals surface area contributed by atoms with Crippen LogP contribution in [0.25, 0.3) is 0 Å². The van der Waals surface area contributed by atoms with E-state index in [1.807, 2.05) is 13.0 Å². The van der Waals surface area contributed by atoms with Crippen LogP contribution in [0.3, 0.4) is 0 Å². The molecule has 96 valence electrons. The highest BCUT2D eigenvalue weighted by Gasteiger charge is 2.13. The Morgan fingerprint density at radius 3 is 2.78 bits per heavy atom. The number of carbonyl (C=O) groups excluding carboxylic acids is 1. The fourth-order valence-electron chi connectivity index (χ4n) is 1.54. The lowest BCUT2D eigenvalue weighted by molar-refractivity contribution is -0.120. The molecule has 1 rings (SSSR count). The van der Waals surface area contributed by atoms with Crippen LogP contribution in [0.4, 0.5) is 8.78 Å². The lowest BCUT2D eigenvalue weighted by Crippen LogP contribution is -2.34. The van der Waals surface area contributed by atoms with Gasteiger partial charge in [-0.15, -0.1) is 0 Å². The summed E-state index contributed by atoms with van der Waals surface area (Å²) < 4.78 is 26.0. The molecule has 18 heavy (non-hydrogen) atoms. The minimum atomic E-state index is -0.755. The first-order chi connectivity index (χ1) is 8.56. The smallest absolute Gasteiger partial charge is 0.225 e. The van der Waals surface area contributed by atoms with Crippen LogP contribution in [0.1, 0.15) is 25.3 Å². The summed E-state index contributed by atoms with van der Waals surface area (Å²) in [6, 6.07) is 4.45. The Morgan fingerprint density at radius 1 is 1.50 bits per heavy atom. The van der Waals surface area contributed by atoms with Crippen LogP contribution in [0, 0.1) is 23.0 Å². The van der Waals surface area contributed by atoms with Crippen molar-refractivity contribution in [3.63, 3.8) is 0 Å². The number of nitrogens with one attached hydrogen (secondary N) is 1. The molecule has 1 aromatic rings. The van der Waals surface area contributed by atoms with E-state index in [2.05, 4.69) is 5.32 Å². The molecule has 0 fully saturated rings. The highest BCUT2D eigenvalue weighted by Crippen LogP contribution is 2.10. The first-order valence-corrected chi connectivity index (χ1v) is 5.69. The number of hydrogen-bond donors (Lipinski definition) is 1. The lowest BCUT2D eigenvalue weighted by atomic mass is 10.1. The summed E-state index contributed by atoms with van der Waals surface area (Å²) >= 11 is 0.